The Labute approximate surface area is 166 Å². The largest absolute Gasteiger partial charge is 0.465 e. The Balaban J connectivity index is 1.27. The second-order valence-electron chi connectivity index (χ2n) is 8.00. The molecule has 0 aromatic carbocycles. The monoisotopic (exact) mass is 383 g/mol. The predicted octanol–water partition coefficient (Wildman–Crippen LogP) is 2.81. The Morgan fingerprint density at radius 1 is 1.21 bits per heavy atom. The van der Waals surface area contributed by atoms with Gasteiger partial charge >= 0.3 is 0 Å². The van der Waals surface area contributed by atoms with Gasteiger partial charge in [-0.15, -0.1) is 0 Å². The van der Waals surface area contributed by atoms with Gasteiger partial charge in [0.05, 0.1) is 18.8 Å². The molecule has 4 heterocycles. The molecular formula is C22H29N3O3. The van der Waals surface area contributed by atoms with Crippen molar-refractivity contribution >= 4 is 5.91 Å². The van der Waals surface area contributed by atoms with Gasteiger partial charge in [0.2, 0.25) is 5.91 Å². The highest BCUT2D eigenvalue weighted by Crippen LogP contribution is 2.31. The second kappa shape index (κ2) is 8.45. The van der Waals surface area contributed by atoms with Gasteiger partial charge in [0, 0.05) is 45.0 Å². The molecule has 0 unspecified atom stereocenters. The minimum absolute atomic E-state index is 0.125. The maximum atomic E-state index is 12.6. The number of ether oxygens (including phenoxy) is 1. The van der Waals surface area contributed by atoms with Gasteiger partial charge in [-0.2, -0.15) is 0 Å². The predicted molar refractivity (Wildman–Crippen MR) is 106 cm³/mol. The Hall–Kier alpha value is -2.18. The average molecular weight is 383 g/mol. The summed E-state index contributed by atoms with van der Waals surface area (Å²) in [6.07, 6.45) is 6.70. The number of pyridine rings is 1. The molecule has 2 aromatic heterocycles. The molecule has 4 rings (SSSR count). The van der Waals surface area contributed by atoms with E-state index in [4.69, 9.17) is 9.15 Å². The van der Waals surface area contributed by atoms with Crippen molar-refractivity contribution in [3.8, 4) is 0 Å². The van der Waals surface area contributed by atoms with E-state index in [0.29, 0.717) is 6.42 Å². The number of carbonyl (C=O) groups is 1. The molecule has 2 aromatic rings. The molecule has 1 spiro atoms. The van der Waals surface area contributed by atoms with Gasteiger partial charge in [-0.1, -0.05) is 6.07 Å². The van der Waals surface area contributed by atoms with Crippen molar-refractivity contribution in [2.45, 2.75) is 44.8 Å². The van der Waals surface area contributed by atoms with E-state index in [9.17, 15) is 4.79 Å². The van der Waals surface area contributed by atoms with Gasteiger partial charge < -0.3 is 14.1 Å². The van der Waals surface area contributed by atoms with Gasteiger partial charge in [0.1, 0.15) is 11.5 Å². The lowest BCUT2D eigenvalue weighted by molar-refractivity contribution is -0.151. The summed E-state index contributed by atoms with van der Waals surface area (Å²) in [4.78, 5) is 21.1. The first-order valence-corrected chi connectivity index (χ1v) is 10.2. The van der Waals surface area contributed by atoms with Crippen LogP contribution in [0.1, 0.15) is 36.3 Å². The normalized spacial score (nSPS) is 19.8. The Kier molecular flexibility index (Phi) is 5.78. The number of likely N-dealkylation sites (tertiary alicyclic amines) is 1. The van der Waals surface area contributed by atoms with Gasteiger partial charge in [-0.05, 0) is 49.9 Å². The summed E-state index contributed by atoms with van der Waals surface area (Å²) in [6, 6.07) is 8.01. The van der Waals surface area contributed by atoms with Crippen molar-refractivity contribution in [1.82, 2.24) is 14.8 Å². The summed E-state index contributed by atoms with van der Waals surface area (Å²) in [5.74, 6) is 2.20. The number of amides is 1. The number of rotatable bonds is 5. The molecule has 2 fully saturated rings. The zero-order valence-electron chi connectivity index (χ0n) is 16.6. The highest BCUT2D eigenvalue weighted by Gasteiger charge is 2.40. The van der Waals surface area contributed by atoms with Crippen LogP contribution in [0.2, 0.25) is 0 Å². The number of hydrogen-bond acceptors (Lipinski definition) is 5. The van der Waals surface area contributed by atoms with Crippen LogP contribution in [-0.4, -0.2) is 59.1 Å². The maximum Gasteiger partial charge on any atom is 0.222 e. The molecule has 150 valence electrons. The SMILES string of the molecule is Cc1ccc(CN2CCOC3(CCN(C(=O)CCc4cccnc4)CC3)C2)o1. The van der Waals surface area contributed by atoms with E-state index in [1.54, 1.807) is 6.20 Å². The van der Waals surface area contributed by atoms with Crippen molar-refractivity contribution in [2.75, 3.05) is 32.8 Å². The topological polar surface area (TPSA) is 58.8 Å². The smallest absolute Gasteiger partial charge is 0.222 e. The first-order chi connectivity index (χ1) is 13.6. The number of furan rings is 1. The third-order valence-electron chi connectivity index (χ3n) is 5.88. The van der Waals surface area contributed by atoms with Gasteiger partial charge in [-0.3, -0.25) is 14.7 Å². The molecule has 2 saturated heterocycles. The van der Waals surface area contributed by atoms with Crippen LogP contribution in [0.3, 0.4) is 0 Å². The van der Waals surface area contributed by atoms with E-state index in [1.165, 1.54) is 0 Å². The first kappa shape index (κ1) is 19.2. The maximum absolute atomic E-state index is 12.6. The van der Waals surface area contributed by atoms with Crippen LogP contribution >= 0.6 is 0 Å². The van der Waals surface area contributed by atoms with Crippen LogP contribution in [0.25, 0.3) is 0 Å². The molecule has 6 nitrogen and oxygen atoms in total. The minimum Gasteiger partial charge on any atom is -0.465 e. The fourth-order valence-electron chi connectivity index (χ4n) is 4.27. The van der Waals surface area contributed by atoms with E-state index >= 15 is 0 Å². The highest BCUT2D eigenvalue weighted by molar-refractivity contribution is 5.76. The van der Waals surface area contributed by atoms with E-state index in [0.717, 1.165) is 75.7 Å². The number of hydrogen-bond donors (Lipinski definition) is 0. The van der Waals surface area contributed by atoms with Crippen molar-refractivity contribution < 1.29 is 13.9 Å². The molecule has 0 saturated carbocycles. The van der Waals surface area contributed by atoms with Gasteiger partial charge in [-0.25, -0.2) is 0 Å². The van der Waals surface area contributed by atoms with Crippen LogP contribution in [0.4, 0.5) is 0 Å². The molecule has 0 radical (unpaired) electrons. The number of morpholine rings is 1. The lowest BCUT2D eigenvalue weighted by Crippen LogP contribution is -2.57. The van der Waals surface area contributed by atoms with Crippen LogP contribution in [0.15, 0.2) is 41.1 Å². The van der Waals surface area contributed by atoms with E-state index < -0.39 is 0 Å². The van der Waals surface area contributed by atoms with E-state index in [2.05, 4.69) is 16.0 Å². The van der Waals surface area contributed by atoms with Crippen LogP contribution < -0.4 is 0 Å². The van der Waals surface area contributed by atoms with Crippen LogP contribution in [-0.2, 0) is 22.5 Å². The van der Waals surface area contributed by atoms with Gasteiger partial charge in [0.15, 0.2) is 0 Å². The fraction of sp³-hybridized carbons (Fsp3) is 0.545. The van der Waals surface area contributed by atoms with E-state index in [1.807, 2.05) is 36.2 Å². The van der Waals surface area contributed by atoms with Crippen molar-refractivity contribution in [3.63, 3.8) is 0 Å². The number of nitrogens with zero attached hydrogens (tertiary/aromatic N) is 3. The molecule has 0 N–H and O–H groups in total. The molecule has 2 aliphatic heterocycles. The van der Waals surface area contributed by atoms with Crippen molar-refractivity contribution in [2.24, 2.45) is 0 Å². The number of aromatic nitrogens is 1. The summed E-state index contributed by atoms with van der Waals surface area (Å²) in [6.45, 7) is 6.94. The minimum atomic E-state index is -0.125. The number of piperidine rings is 1. The lowest BCUT2D eigenvalue weighted by atomic mass is 9.89. The van der Waals surface area contributed by atoms with Crippen molar-refractivity contribution in [1.29, 1.82) is 0 Å². The standard InChI is InChI=1S/C22H29N3O3/c1-18-4-6-20(28-18)16-24-13-14-27-22(17-24)8-11-25(12-9-22)21(26)7-5-19-3-2-10-23-15-19/h2-4,6,10,15H,5,7-9,11-14,16-17H2,1H3. The summed E-state index contributed by atoms with van der Waals surface area (Å²) in [5, 5.41) is 0. The Morgan fingerprint density at radius 2 is 2.07 bits per heavy atom. The number of carbonyl (C=O) groups excluding carboxylic acids is 1. The summed E-state index contributed by atoms with van der Waals surface area (Å²) in [5.41, 5.74) is 0.990. The third kappa shape index (κ3) is 4.62. The molecule has 0 atom stereocenters. The van der Waals surface area contributed by atoms with Crippen molar-refractivity contribution in [3.05, 3.63) is 53.7 Å². The van der Waals surface area contributed by atoms with Crippen LogP contribution in [0, 0.1) is 6.92 Å². The molecule has 6 heteroatoms. The molecule has 0 aliphatic carbocycles. The third-order valence-corrected chi connectivity index (χ3v) is 5.88. The first-order valence-electron chi connectivity index (χ1n) is 10.2. The molecule has 2 aliphatic rings. The second-order valence-corrected chi connectivity index (χ2v) is 8.00. The Bertz CT molecular complexity index is 781. The Morgan fingerprint density at radius 3 is 2.79 bits per heavy atom. The molecule has 28 heavy (non-hydrogen) atoms. The molecule has 1 amide bonds. The zero-order valence-corrected chi connectivity index (χ0v) is 16.6. The lowest BCUT2D eigenvalue weighted by Gasteiger charge is -2.47. The average Bonchev–Trinajstić information content (AvgIpc) is 3.12. The molecule has 0 bridgehead atoms. The summed E-state index contributed by atoms with van der Waals surface area (Å²) >= 11 is 0. The van der Waals surface area contributed by atoms with E-state index in [-0.39, 0.29) is 11.5 Å². The van der Waals surface area contributed by atoms with Crippen LogP contribution in [0.5, 0.6) is 0 Å². The zero-order chi connectivity index (χ0) is 19.4. The molecular weight excluding hydrogens is 354 g/mol. The highest BCUT2D eigenvalue weighted by atomic mass is 16.5. The summed E-state index contributed by atoms with van der Waals surface area (Å²) in [7, 11) is 0. The quantitative estimate of drug-likeness (QED) is 0.795. The summed E-state index contributed by atoms with van der Waals surface area (Å²) < 4.78 is 12.0. The fourth-order valence-corrected chi connectivity index (χ4v) is 4.27. The number of aryl methyl sites for hydroxylation is 2. The van der Waals surface area contributed by atoms with Gasteiger partial charge in [0.25, 0.3) is 0 Å².